The molecule has 2 rings (SSSR count). The minimum Gasteiger partial charge on any atom is -0.466 e. The fourth-order valence-electron chi connectivity index (χ4n) is 3.99. The van der Waals surface area contributed by atoms with Crippen molar-refractivity contribution < 1.29 is 19.0 Å². The fraction of sp³-hybridized carbons (Fsp3) is 0.636. The number of ether oxygens (including phenoxy) is 1. The molecule has 0 heterocycles. The Morgan fingerprint density at radius 3 is 2.59 bits per heavy atom. The number of aliphatic hydroxyl groups is 1. The van der Waals surface area contributed by atoms with Gasteiger partial charge in [-0.3, -0.25) is 4.79 Å². The third-order valence-electron chi connectivity index (χ3n) is 5.69. The molecule has 1 aliphatic rings. The van der Waals surface area contributed by atoms with E-state index in [0.29, 0.717) is 25.0 Å². The molecular formula is C22H30FNO3. The van der Waals surface area contributed by atoms with Crippen molar-refractivity contribution in [3.63, 3.8) is 0 Å². The van der Waals surface area contributed by atoms with Gasteiger partial charge in [-0.25, -0.2) is 11.0 Å². The Balaban J connectivity index is 2.13. The van der Waals surface area contributed by atoms with E-state index in [0.717, 1.165) is 31.2 Å². The molecule has 1 saturated carbocycles. The van der Waals surface area contributed by atoms with Gasteiger partial charge in [0.2, 0.25) is 0 Å². The van der Waals surface area contributed by atoms with Gasteiger partial charge in [0.25, 0.3) is 5.54 Å². The van der Waals surface area contributed by atoms with Gasteiger partial charge in [-0.1, -0.05) is 18.9 Å². The maximum absolute atomic E-state index is 14.5. The van der Waals surface area contributed by atoms with Crippen LogP contribution in [0.3, 0.4) is 0 Å². The quantitative estimate of drug-likeness (QED) is 0.525. The van der Waals surface area contributed by atoms with E-state index in [1.54, 1.807) is 26.8 Å². The van der Waals surface area contributed by atoms with Gasteiger partial charge in [0.1, 0.15) is 5.82 Å². The SMILES string of the molecule is [C-]#[N+]C(C)(C)c1ccc(CCC(O)(CC(=O)OCC)C2CCCC2)cc1F. The summed E-state index contributed by atoms with van der Waals surface area (Å²) in [4.78, 5) is 15.5. The average Bonchev–Trinajstić information content (AvgIpc) is 3.15. The Kier molecular flexibility index (Phi) is 7.00. The minimum atomic E-state index is -1.12. The van der Waals surface area contributed by atoms with Crippen molar-refractivity contribution in [2.45, 2.75) is 76.9 Å². The number of hydrogen-bond acceptors (Lipinski definition) is 3. The molecule has 0 aromatic heterocycles. The number of benzene rings is 1. The van der Waals surface area contributed by atoms with Crippen molar-refractivity contribution in [2.75, 3.05) is 6.61 Å². The Labute approximate surface area is 161 Å². The number of aryl methyl sites for hydroxylation is 1. The topological polar surface area (TPSA) is 50.9 Å². The predicted octanol–water partition coefficient (Wildman–Crippen LogP) is 4.79. The van der Waals surface area contributed by atoms with Crippen LogP contribution in [0.2, 0.25) is 0 Å². The lowest BCUT2D eigenvalue weighted by molar-refractivity contribution is -0.151. The summed E-state index contributed by atoms with van der Waals surface area (Å²) in [5, 5.41) is 11.2. The number of rotatable bonds is 8. The molecule has 0 spiro atoms. The van der Waals surface area contributed by atoms with Crippen LogP contribution in [0.15, 0.2) is 18.2 Å². The van der Waals surface area contributed by atoms with E-state index < -0.39 is 17.0 Å². The summed E-state index contributed by atoms with van der Waals surface area (Å²) in [5.74, 6) is -0.706. The zero-order valence-corrected chi connectivity index (χ0v) is 16.6. The van der Waals surface area contributed by atoms with Gasteiger partial charge in [0, 0.05) is 13.8 Å². The number of carbonyl (C=O) groups excluding carboxylic acids is 1. The molecule has 0 saturated heterocycles. The Morgan fingerprint density at radius 1 is 1.37 bits per heavy atom. The summed E-state index contributed by atoms with van der Waals surface area (Å²) in [6, 6.07) is 4.91. The minimum absolute atomic E-state index is 0.0170. The smallest absolute Gasteiger partial charge is 0.308 e. The van der Waals surface area contributed by atoms with Crippen molar-refractivity contribution in [2.24, 2.45) is 5.92 Å². The molecule has 1 fully saturated rings. The van der Waals surface area contributed by atoms with Gasteiger partial charge in [-0.15, -0.1) is 0 Å². The maximum Gasteiger partial charge on any atom is 0.308 e. The molecule has 1 aromatic carbocycles. The highest BCUT2D eigenvalue weighted by molar-refractivity contribution is 5.70. The first-order valence-corrected chi connectivity index (χ1v) is 9.77. The molecule has 0 bridgehead atoms. The van der Waals surface area contributed by atoms with Gasteiger partial charge >= 0.3 is 5.97 Å². The van der Waals surface area contributed by atoms with Crippen LogP contribution in [0, 0.1) is 18.3 Å². The molecule has 0 radical (unpaired) electrons. The van der Waals surface area contributed by atoms with Crippen molar-refractivity contribution in [1.82, 2.24) is 0 Å². The lowest BCUT2D eigenvalue weighted by Gasteiger charge is -2.33. The summed E-state index contributed by atoms with van der Waals surface area (Å²) in [5.41, 5.74) is -0.888. The highest BCUT2D eigenvalue weighted by Crippen LogP contribution is 2.39. The fourth-order valence-corrected chi connectivity index (χ4v) is 3.99. The maximum atomic E-state index is 14.5. The third kappa shape index (κ3) is 5.29. The number of hydrogen-bond donors (Lipinski definition) is 1. The summed E-state index contributed by atoms with van der Waals surface area (Å²) < 4.78 is 19.5. The lowest BCUT2D eigenvalue weighted by atomic mass is 9.79. The normalized spacial score (nSPS) is 17.3. The molecule has 1 atom stereocenters. The molecule has 5 heteroatoms. The zero-order chi connectivity index (χ0) is 20.1. The van der Waals surface area contributed by atoms with E-state index in [2.05, 4.69) is 4.85 Å². The monoisotopic (exact) mass is 375 g/mol. The van der Waals surface area contributed by atoms with Crippen molar-refractivity contribution >= 4 is 5.97 Å². The molecule has 1 N–H and O–H groups in total. The van der Waals surface area contributed by atoms with Crippen LogP contribution in [0.4, 0.5) is 4.39 Å². The Hall–Kier alpha value is -1.93. The van der Waals surface area contributed by atoms with E-state index >= 15 is 0 Å². The molecule has 0 amide bonds. The van der Waals surface area contributed by atoms with Crippen LogP contribution >= 0.6 is 0 Å². The molecule has 148 valence electrons. The van der Waals surface area contributed by atoms with Gasteiger partial charge in [-0.05, 0) is 56.2 Å². The Bertz CT molecular complexity index is 704. The number of nitrogens with zero attached hydrogens (tertiary/aromatic N) is 1. The molecule has 0 aliphatic heterocycles. The second-order valence-electron chi connectivity index (χ2n) is 8.05. The summed E-state index contributed by atoms with van der Waals surface area (Å²) in [6.45, 7) is 12.7. The largest absolute Gasteiger partial charge is 0.466 e. The summed E-state index contributed by atoms with van der Waals surface area (Å²) in [6.07, 6.45) is 4.78. The summed E-state index contributed by atoms with van der Waals surface area (Å²) in [7, 11) is 0. The van der Waals surface area contributed by atoms with E-state index in [-0.39, 0.29) is 18.3 Å². The molecule has 1 aliphatic carbocycles. The number of halogens is 1. The van der Waals surface area contributed by atoms with Gasteiger partial charge < -0.3 is 14.7 Å². The summed E-state index contributed by atoms with van der Waals surface area (Å²) >= 11 is 0. The highest BCUT2D eigenvalue weighted by atomic mass is 19.1. The second-order valence-corrected chi connectivity index (χ2v) is 8.05. The molecule has 4 nitrogen and oxygen atoms in total. The second kappa shape index (κ2) is 8.84. The first-order valence-electron chi connectivity index (χ1n) is 9.77. The Morgan fingerprint density at radius 2 is 2.04 bits per heavy atom. The van der Waals surface area contributed by atoms with Gasteiger partial charge in [0.05, 0.1) is 24.2 Å². The predicted molar refractivity (Wildman–Crippen MR) is 103 cm³/mol. The first kappa shape index (κ1) is 21.4. The van der Waals surface area contributed by atoms with Gasteiger partial charge in [-0.2, -0.15) is 0 Å². The van der Waals surface area contributed by atoms with Crippen molar-refractivity contribution in [1.29, 1.82) is 0 Å². The molecular weight excluding hydrogens is 345 g/mol. The van der Waals surface area contributed by atoms with Gasteiger partial charge in [0.15, 0.2) is 0 Å². The van der Waals surface area contributed by atoms with E-state index in [1.165, 1.54) is 6.07 Å². The van der Waals surface area contributed by atoms with Crippen LogP contribution < -0.4 is 0 Å². The van der Waals surface area contributed by atoms with Crippen LogP contribution in [0.5, 0.6) is 0 Å². The van der Waals surface area contributed by atoms with Crippen molar-refractivity contribution in [3.8, 4) is 0 Å². The first-order chi connectivity index (χ1) is 12.7. The average molecular weight is 375 g/mol. The van der Waals surface area contributed by atoms with E-state index in [1.807, 2.05) is 6.07 Å². The van der Waals surface area contributed by atoms with E-state index in [4.69, 9.17) is 11.3 Å². The standard InChI is InChI=1S/C22H30FNO3/c1-5-27-20(25)15-22(26,17-8-6-7-9-17)13-12-16-10-11-18(19(23)14-16)21(2,3)24-4/h10-11,14,17,26H,5-9,12-13,15H2,1-3H3. The van der Waals surface area contributed by atoms with Crippen molar-refractivity contribution in [3.05, 3.63) is 46.6 Å². The number of carbonyl (C=O) groups is 1. The third-order valence-corrected chi connectivity index (χ3v) is 5.69. The molecule has 1 aromatic rings. The van der Waals surface area contributed by atoms with Crippen LogP contribution in [-0.2, 0) is 21.5 Å². The zero-order valence-electron chi connectivity index (χ0n) is 16.6. The van der Waals surface area contributed by atoms with Crippen LogP contribution in [0.1, 0.15) is 70.4 Å². The lowest BCUT2D eigenvalue weighted by Crippen LogP contribution is -2.40. The molecule has 1 unspecified atom stereocenters. The van der Waals surface area contributed by atoms with Crippen LogP contribution in [-0.4, -0.2) is 23.3 Å². The van der Waals surface area contributed by atoms with E-state index in [9.17, 15) is 14.3 Å². The van der Waals surface area contributed by atoms with Crippen LogP contribution in [0.25, 0.3) is 4.85 Å². The number of esters is 1. The highest BCUT2D eigenvalue weighted by Gasteiger charge is 2.40. The molecule has 27 heavy (non-hydrogen) atoms.